The molecular weight excluding hydrogens is 432 g/mol. The predicted molar refractivity (Wildman–Crippen MR) is 127 cm³/mol. The minimum Gasteiger partial charge on any atom is -0.423 e. The third-order valence-electron chi connectivity index (χ3n) is 5.93. The summed E-state index contributed by atoms with van der Waals surface area (Å²) in [5, 5.41) is 14.9. The zero-order chi connectivity index (χ0) is 23.5. The molecule has 1 saturated heterocycles. The second-order valence-electron chi connectivity index (χ2n) is 8.39. The summed E-state index contributed by atoms with van der Waals surface area (Å²) in [7, 11) is 0. The van der Waals surface area contributed by atoms with Crippen molar-refractivity contribution in [3.63, 3.8) is 0 Å². The molecule has 2 aliphatic rings. The van der Waals surface area contributed by atoms with Gasteiger partial charge in [0.1, 0.15) is 6.07 Å². The minimum absolute atomic E-state index is 0.0725. The van der Waals surface area contributed by atoms with Crippen LogP contribution in [0.25, 0.3) is 0 Å². The number of carbonyl (C=O) groups is 2. The van der Waals surface area contributed by atoms with Crippen molar-refractivity contribution in [3.05, 3.63) is 71.7 Å². The first-order chi connectivity index (χ1) is 16.6. The van der Waals surface area contributed by atoms with Crippen molar-refractivity contribution in [1.82, 2.24) is 9.88 Å². The monoisotopic (exact) mass is 456 g/mol. The summed E-state index contributed by atoms with van der Waals surface area (Å²) in [5.74, 6) is 1.43. The first-order valence-corrected chi connectivity index (χ1v) is 11.3. The summed E-state index contributed by atoms with van der Waals surface area (Å²) in [6, 6.07) is 17.8. The Hall–Kier alpha value is -4.32. The number of piperazine rings is 1. The first kappa shape index (κ1) is 21.5. The highest BCUT2D eigenvalue weighted by Crippen LogP contribution is 2.41. The van der Waals surface area contributed by atoms with Gasteiger partial charge in [-0.25, -0.2) is 9.78 Å². The molecule has 0 atom stereocenters. The van der Waals surface area contributed by atoms with Crippen LogP contribution in [0.3, 0.4) is 0 Å². The van der Waals surface area contributed by atoms with Gasteiger partial charge in [-0.05, 0) is 49.2 Å². The fourth-order valence-electron chi connectivity index (χ4n) is 3.93. The maximum Gasteiger partial charge on any atom is 0.323 e. The summed E-state index contributed by atoms with van der Waals surface area (Å²) in [6.07, 6.45) is 2.11. The van der Waals surface area contributed by atoms with Crippen LogP contribution < -0.4 is 15.5 Å². The summed E-state index contributed by atoms with van der Waals surface area (Å²) in [5.41, 5.74) is 2.16. The lowest BCUT2D eigenvalue weighted by Crippen LogP contribution is -2.48. The van der Waals surface area contributed by atoms with Crippen molar-refractivity contribution in [2.45, 2.75) is 18.8 Å². The van der Waals surface area contributed by atoms with Crippen molar-refractivity contribution in [3.8, 4) is 6.07 Å². The number of urea groups is 1. The molecule has 2 fully saturated rings. The molecule has 9 nitrogen and oxygen atoms in total. The summed E-state index contributed by atoms with van der Waals surface area (Å²) in [4.78, 5) is 33.2. The van der Waals surface area contributed by atoms with E-state index in [4.69, 9.17) is 4.42 Å². The molecule has 5 rings (SSSR count). The molecule has 3 aromatic rings. The molecule has 3 amide bonds. The summed E-state index contributed by atoms with van der Waals surface area (Å²) < 4.78 is 5.88. The SMILES string of the molecule is N#Cc1nc(C2CC2)oc1N1CCN(C(=O)c2ccc(NC(=O)Nc3ccccc3)cc2)CC1. The number of nitrogens with one attached hydrogen (secondary N) is 2. The molecule has 2 heterocycles. The number of carbonyl (C=O) groups excluding carboxylic acids is 2. The van der Waals surface area contributed by atoms with E-state index < -0.39 is 0 Å². The number of hydrogen-bond donors (Lipinski definition) is 2. The van der Waals surface area contributed by atoms with Gasteiger partial charge < -0.3 is 24.9 Å². The van der Waals surface area contributed by atoms with E-state index in [1.54, 1.807) is 41.3 Å². The van der Waals surface area contributed by atoms with Crippen molar-refractivity contribution in [2.24, 2.45) is 0 Å². The molecule has 0 unspecified atom stereocenters. The Bertz CT molecular complexity index is 1220. The third kappa shape index (κ3) is 4.71. The van der Waals surface area contributed by atoms with Crippen LogP contribution in [0.1, 0.15) is 40.7 Å². The van der Waals surface area contributed by atoms with Gasteiger partial charge >= 0.3 is 6.03 Å². The van der Waals surface area contributed by atoms with Crippen LogP contribution in [0, 0.1) is 11.3 Å². The largest absolute Gasteiger partial charge is 0.423 e. The molecule has 2 aromatic carbocycles. The number of rotatable bonds is 5. The van der Waals surface area contributed by atoms with E-state index in [1.807, 2.05) is 23.1 Å². The maximum absolute atomic E-state index is 13.0. The highest BCUT2D eigenvalue weighted by molar-refractivity contribution is 6.00. The number of oxazole rings is 1. The van der Waals surface area contributed by atoms with Crippen LogP contribution in [0.15, 0.2) is 59.0 Å². The van der Waals surface area contributed by atoms with Gasteiger partial charge in [-0.2, -0.15) is 5.26 Å². The Morgan fingerprint density at radius 3 is 2.21 bits per heavy atom. The fourth-order valence-corrected chi connectivity index (χ4v) is 3.93. The number of hydrogen-bond acceptors (Lipinski definition) is 6. The maximum atomic E-state index is 13.0. The van der Waals surface area contributed by atoms with E-state index >= 15 is 0 Å². The Morgan fingerprint density at radius 1 is 0.941 bits per heavy atom. The Labute approximate surface area is 197 Å². The van der Waals surface area contributed by atoms with Gasteiger partial charge in [0.15, 0.2) is 0 Å². The molecule has 2 N–H and O–H groups in total. The van der Waals surface area contributed by atoms with Crippen molar-refractivity contribution >= 4 is 29.2 Å². The molecule has 9 heteroatoms. The Balaban J connectivity index is 1.16. The van der Waals surface area contributed by atoms with Gasteiger partial charge in [-0.1, -0.05) is 18.2 Å². The van der Waals surface area contributed by atoms with Crippen LogP contribution in [0.5, 0.6) is 0 Å². The molecule has 1 aliphatic heterocycles. The molecule has 34 heavy (non-hydrogen) atoms. The average molecular weight is 457 g/mol. The van der Waals surface area contributed by atoms with Crippen LogP contribution in [-0.2, 0) is 0 Å². The summed E-state index contributed by atoms with van der Waals surface area (Å²) >= 11 is 0. The molecule has 1 aliphatic carbocycles. The van der Waals surface area contributed by atoms with Gasteiger partial charge in [0, 0.05) is 49.0 Å². The van der Waals surface area contributed by atoms with E-state index in [0.717, 1.165) is 12.8 Å². The molecule has 0 radical (unpaired) electrons. The van der Waals surface area contributed by atoms with Gasteiger partial charge in [0.25, 0.3) is 5.91 Å². The predicted octanol–water partition coefficient (Wildman–Crippen LogP) is 4.03. The van der Waals surface area contributed by atoms with Crippen LogP contribution in [-0.4, -0.2) is 48.0 Å². The second kappa shape index (κ2) is 9.27. The molecule has 0 bridgehead atoms. The van der Waals surface area contributed by atoms with E-state index in [9.17, 15) is 14.9 Å². The number of nitrogens with zero attached hydrogens (tertiary/aromatic N) is 4. The lowest BCUT2D eigenvalue weighted by Gasteiger charge is -2.34. The van der Waals surface area contributed by atoms with E-state index in [1.165, 1.54) is 0 Å². The Kier molecular flexibility index (Phi) is 5.87. The molecular formula is C25H24N6O3. The number of benzene rings is 2. The van der Waals surface area contributed by atoms with Gasteiger partial charge in [0.2, 0.25) is 17.5 Å². The smallest absolute Gasteiger partial charge is 0.323 e. The number of para-hydroxylation sites is 1. The first-order valence-electron chi connectivity index (χ1n) is 11.3. The lowest BCUT2D eigenvalue weighted by molar-refractivity contribution is 0.0745. The lowest BCUT2D eigenvalue weighted by atomic mass is 10.1. The van der Waals surface area contributed by atoms with E-state index in [0.29, 0.717) is 66.5 Å². The molecule has 0 spiro atoms. The summed E-state index contributed by atoms with van der Waals surface area (Å²) in [6.45, 7) is 2.17. The number of nitriles is 1. The zero-order valence-electron chi connectivity index (χ0n) is 18.5. The van der Waals surface area contributed by atoms with Crippen molar-refractivity contribution in [2.75, 3.05) is 41.7 Å². The van der Waals surface area contributed by atoms with Crippen LogP contribution in [0.4, 0.5) is 22.1 Å². The average Bonchev–Trinajstić information content (AvgIpc) is 3.63. The third-order valence-corrected chi connectivity index (χ3v) is 5.93. The number of amides is 3. The zero-order valence-corrected chi connectivity index (χ0v) is 18.5. The normalized spacial score (nSPS) is 15.5. The van der Waals surface area contributed by atoms with Gasteiger partial charge in [-0.15, -0.1) is 0 Å². The number of anilines is 3. The topological polar surface area (TPSA) is 114 Å². The van der Waals surface area contributed by atoms with Crippen LogP contribution >= 0.6 is 0 Å². The Morgan fingerprint density at radius 2 is 1.59 bits per heavy atom. The molecule has 1 saturated carbocycles. The van der Waals surface area contributed by atoms with E-state index in [2.05, 4.69) is 21.7 Å². The van der Waals surface area contributed by atoms with Crippen LogP contribution in [0.2, 0.25) is 0 Å². The van der Waals surface area contributed by atoms with Crippen molar-refractivity contribution in [1.29, 1.82) is 5.26 Å². The van der Waals surface area contributed by atoms with Gasteiger partial charge in [0.05, 0.1) is 0 Å². The molecule has 172 valence electrons. The highest BCUT2D eigenvalue weighted by atomic mass is 16.4. The highest BCUT2D eigenvalue weighted by Gasteiger charge is 2.33. The fraction of sp³-hybridized carbons (Fsp3) is 0.280. The van der Waals surface area contributed by atoms with Crippen molar-refractivity contribution < 1.29 is 14.0 Å². The van der Waals surface area contributed by atoms with Gasteiger partial charge in [-0.3, -0.25) is 4.79 Å². The number of aromatic nitrogens is 1. The minimum atomic E-state index is -0.351. The molecule has 1 aromatic heterocycles. The quantitative estimate of drug-likeness (QED) is 0.599. The van der Waals surface area contributed by atoms with E-state index in [-0.39, 0.29) is 11.9 Å². The standard InChI is InChI=1S/C25H24N6O3/c26-16-21-24(34-22(29-21)17-6-7-17)31-14-12-30(13-15-31)23(32)18-8-10-20(11-9-18)28-25(33)27-19-4-2-1-3-5-19/h1-5,8-11,17H,6-7,12-15H2,(H2,27,28,33). The second-order valence-corrected chi connectivity index (χ2v) is 8.39.